The molecule has 0 aliphatic carbocycles. The normalized spacial score (nSPS) is 11.6. The lowest BCUT2D eigenvalue weighted by Gasteiger charge is -2.17. The number of fused-ring (bicyclic) bond motifs is 1. The van der Waals surface area contributed by atoms with E-state index >= 15 is 0 Å². The minimum absolute atomic E-state index is 0.0728. The number of nitrogens with one attached hydrogen (secondary N) is 1. The van der Waals surface area contributed by atoms with E-state index in [0.29, 0.717) is 0 Å². The Kier molecular flexibility index (Phi) is 5.14. The molecule has 0 saturated heterocycles. The van der Waals surface area contributed by atoms with Crippen LogP contribution in [0.15, 0.2) is 55.1 Å². The van der Waals surface area contributed by atoms with Gasteiger partial charge in [0, 0.05) is 0 Å². The van der Waals surface area contributed by atoms with Crippen LogP contribution in [0.5, 0.6) is 0 Å². The molecule has 1 atom stereocenters. The molecule has 0 saturated carbocycles. The van der Waals surface area contributed by atoms with E-state index < -0.39 is 18.1 Å². The van der Waals surface area contributed by atoms with Crippen molar-refractivity contribution in [2.75, 3.05) is 6.61 Å². The van der Waals surface area contributed by atoms with Gasteiger partial charge in [-0.3, -0.25) is 4.79 Å². The van der Waals surface area contributed by atoms with E-state index in [1.807, 2.05) is 42.5 Å². The Morgan fingerprint density at radius 1 is 1.23 bits per heavy atom. The first-order chi connectivity index (χ1) is 10.6. The van der Waals surface area contributed by atoms with Gasteiger partial charge in [0.25, 0.3) is 0 Å². The number of ether oxygens (including phenoxy) is 1. The smallest absolute Gasteiger partial charge is 0.407 e. The molecule has 0 aliphatic heterocycles. The van der Waals surface area contributed by atoms with E-state index in [0.717, 1.165) is 16.3 Å². The summed E-state index contributed by atoms with van der Waals surface area (Å²) < 4.78 is 4.85. The molecule has 2 aromatic carbocycles. The maximum Gasteiger partial charge on any atom is 0.407 e. The topological polar surface area (TPSA) is 75.6 Å². The summed E-state index contributed by atoms with van der Waals surface area (Å²) in [5.41, 5.74) is 0.719. The lowest BCUT2D eigenvalue weighted by Crippen LogP contribution is -2.30. The Balaban J connectivity index is 2.24. The van der Waals surface area contributed by atoms with Gasteiger partial charge in [0.05, 0.1) is 12.5 Å². The Labute approximate surface area is 128 Å². The van der Waals surface area contributed by atoms with Crippen molar-refractivity contribution in [1.82, 2.24) is 5.32 Å². The van der Waals surface area contributed by atoms with Crippen molar-refractivity contribution in [2.45, 2.75) is 12.5 Å². The van der Waals surface area contributed by atoms with Gasteiger partial charge in [0.1, 0.15) is 6.61 Å². The van der Waals surface area contributed by atoms with Crippen LogP contribution in [0.25, 0.3) is 10.8 Å². The first-order valence-corrected chi connectivity index (χ1v) is 6.85. The van der Waals surface area contributed by atoms with Gasteiger partial charge >= 0.3 is 12.1 Å². The van der Waals surface area contributed by atoms with Gasteiger partial charge in [0.2, 0.25) is 0 Å². The standard InChI is InChI=1S/C17H17NO4/c1-2-9-22-17(21)18-15(11-16(19)20)14-8-7-12-5-3-4-6-13(12)10-14/h2-8,10,15H,1,9,11H2,(H,18,21)(H,19,20)/t15-/m0/s1. The van der Waals surface area contributed by atoms with E-state index in [4.69, 9.17) is 9.84 Å². The fraction of sp³-hybridized carbons (Fsp3) is 0.176. The van der Waals surface area contributed by atoms with Crippen molar-refractivity contribution in [3.63, 3.8) is 0 Å². The van der Waals surface area contributed by atoms with Crippen LogP contribution < -0.4 is 5.32 Å². The first-order valence-electron chi connectivity index (χ1n) is 6.85. The molecule has 22 heavy (non-hydrogen) atoms. The summed E-state index contributed by atoms with van der Waals surface area (Å²) in [6.07, 6.45) is 0.558. The van der Waals surface area contributed by atoms with Crippen LogP contribution in [0.1, 0.15) is 18.0 Å². The molecule has 0 aromatic heterocycles. The third-order valence-corrected chi connectivity index (χ3v) is 3.18. The summed E-state index contributed by atoms with van der Waals surface area (Å²) in [4.78, 5) is 22.7. The van der Waals surface area contributed by atoms with Gasteiger partial charge in [-0.2, -0.15) is 0 Å². The minimum atomic E-state index is -0.998. The molecule has 0 bridgehead atoms. The molecule has 2 rings (SSSR count). The van der Waals surface area contributed by atoms with Gasteiger partial charge in [-0.15, -0.1) is 0 Å². The molecule has 2 N–H and O–H groups in total. The van der Waals surface area contributed by atoms with Crippen LogP contribution in [0.4, 0.5) is 4.79 Å². The number of aliphatic carboxylic acids is 1. The zero-order chi connectivity index (χ0) is 15.9. The Hall–Kier alpha value is -2.82. The number of alkyl carbamates (subject to hydrolysis) is 1. The fourth-order valence-electron chi connectivity index (χ4n) is 2.17. The zero-order valence-corrected chi connectivity index (χ0v) is 12.0. The molecule has 0 heterocycles. The van der Waals surface area contributed by atoms with Crippen molar-refractivity contribution in [3.05, 3.63) is 60.7 Å². The number of rotatable bonds is 6. The molecule has 0 aliphatic rings. The molecule has 0 unspecified atom stereocenters. The predicted octanol–water partition coefficient (Wildman–Crippen LogP) is 3.27. The number of hydrogen-bond donors (Lipinski definition) is 2. The predicted molar refractivity (Wildman–Crippen MR) is 83.6 cm³/mol. The summed E-state index contributed by atoms with van der Waals surface area (Å²) in [5, 5.41) is 13.6. The maximum absolute atomic E-state index is 11.7. The lowest BCUT2D eigenvalue weighted by molar-refractivity contribution is -0.137. The second kappa shape index (κ2) is 7.26. The molecule has 5 nitrogen and oxygen atoms in total. The Bertz CT molecular complexity index is 696. The Morgan fingerprint density at radius 3 is 2.64 bits per heavy atom. The number of carboxylic acids is 1. The molecule has 5 heteroatoms. The second-order valence-electron chi connectivity index (χ2n) is 4.79. The molecule has 0 fully saturated rings. The average Bonchev–Trinajstić information content (AvgIpc) is 2.51. The SMILES string of the molecule is C=CCOC(=O)N[C@@H](CC(=O)O)c1ccc2ccccc2c1. The van der Waals surface area contributed by atoms with Gasteiger partial charge < -0.3 is 15.2 Å². The number of carbonyl (C=O) groups excluding carboxylic acids is 1. The van der Waals surface area contributed by atoms with Gasteiger partial charge in [-0.05, 0) is 22.4 Å². The quantitative estimate of drug-likeness (QED) is 0.803. The van der Waals surface area contributed by atoms with Crippen LogP contribution >= 0.6 is 0 Å². The number of carbonyl (C=O) groups is 2. The average molecular weight is 299 g/mol. The van der Waals surface area contributed by atoms with E-state index in [-0.39, 0.29) is 13.0 Å². The fourth-order valence-corrected chi connectivity index (χ4v) is 2.17. The van der Waals surface area contributed by atoms with E-state index in [1.54, 1.807) is 0 Å². The molecular formula is C17H17NO4. The van der Waals surface area contributed by atoms with Crippen molar-refractivity contribution in [1.29, 1.82) is 0 Å². The van der Waals surface area contributed by atoms with Crippen molar-refractivity contribution in [2.24, 2.45) is 0 Å². The van der Waals surface area contributed by atoms with E-state index in [1.165, 1.54) is 6.08 Å². The summed E-state index contributed by atoms with van der Waals surface area (Å²) >= 11 is 0. The van der Waals surface area contributed by atoms with E-state index in [9.17, 15) is 9.59 Å². The largest absolute Gasteiger partial charge is 0.481 e. The number of hydrogen-bond acceptors (Lipinski definition) is 3. The molecular weight excluding hydrogens is 282 g/mol. The molecule has 1 amide bonds. The summed E-state index contributed by atoms with van der Waals surface area (Å²) in [7, 11) is 0. The highest BCUT2D eigenvalue weighted by molar-refractivity contribution is 5.83. The van der Waals surface area contributed by atoms with E-state index in [2.05, 4.69) is 11.9 Å². The van der Waals surface area contributed by atoms with Crippen LogP contribution in [0, 0.1) is 0 Å². The van der Waals surface area contributed by atoms with Crippen LogP contribution in [-0.2, 0) is 9.53 Å². The molecule has 0 radical (unpaired) electrons. The second-order valence-corrected chi connectivity index (χ2v) is 4.79. The Morgan fingerprint density at radius 2 is 1.95 bits per heavy atom. The third kappa shape index (κ3) is 4.09. The number of carboxylic acid groups (broad SMARTS) is 1. The summed E-state index contributed by atoms with van der Waals surface area (Å²) in [6.45, 7) is 3.53. The van der Waals surface area contributed by atoms with Gasteiger partial charge in [0.15, 0.2) is 0 Å². The van der Waals surface area contributed by atoms with Crippen molar-refractivity contribution in [3.8, 4) is 0 Å². The van der Waals surface area contributed by atoms with Crippen molar-refractivity contribution >= 4 is 22.8 Å². The van der Waals surface area contributed by atoms with Crippen LogP contribution in [-0.4, -0.2) is 23.8 Å². The molecule has 2 aromatic rings. The third-order valence-electron chi connectivity index (χ3n) is 3.18. The summed E-state index contributed by atoms with van der Waals surface area (Å²) in [6, 6.07) is 12.7. The minimum Gasteiger partial charge on any atom is -0.481 e. The van der Waals surface area contributed by atoms with Crippen molar-refractivity contribution < 1.29 is 19.4 Å². The highest BCUT2D eigenvalue weighted by atomic mass is 16.5. The summed E-state index contributed by atoms with van der Waals surface area (Å²) in [5.74, 6) is -0.998. The maximum atomic E-state index is 11.7. The zero-order valence-electron chi connectivity index (χ0n) is 12.0. The van der Waals surface area contributed by atoms with Crippen LogP contribution in [0.3, 0.4) is 0 Å². The van der Waals surface area contributed by atoms with Crippen LogP contribution in [0.2, 0.25) is 0 Å². The highest BCUT2D eigenvalue weighted by Crippen LogP contribution is 2.22. The van der Waals surface area contributed by atoms with Gasteiger partial charge in [-0.25, -0.2) is 4.79 Å². The molecule has 114 valence electrons. The lowest BCUT2D eigenvalue weighted by atomic mass is 10.00. The monoisotopic (exact) mass is 299 g/mol. The molecule has 0 spiro atoms. The number of amides is 1. The first kappa shape index (κ1) is 15.6. The number of benzene rings is 2. The highest BCUT2D eigenvalue weighted by Gasteiger charge is 2.19. The van der Waals surface area contributed by atoms with Gasteiger partial charge in [-0.1, -0.05) is 49.1 Å².